The first-order valence-electron chi connectivity index (χ1n) is 5.01. The van der Waals surface area contributed by atoms with Gasteiger partial charge >= 0.3 is 0 Å². The maximum atomic E-state index is 9.72. The van der Waals surface area contributed by atoms with Gasteiger partial charge in [0.1, 0.15) is 5.75 Å². The first kappa shape index (κ1) is 12.3. The van der Waals surface area contributed by atoms with Crippen molar-refractivity contribution in [3.63, 3.8) is 0 Å². The van der Waals surface area contributed by atoms with Crippen molar-refractivity contribution in [3.05, 3.63) is 27.6 Å². The van der Waals surface area contributed by atoms with Crippen LogP contribution in [0.3, 0.4) is 0 Å². The summed E-state index contributed by atoms with van der Waals surface area (Å²) in [5.74, 6) is 1.03. The monoisotopic (exact) mass is 346 g/mol. The smallest absolute Gasteiger partial charge is 0.261 e. The third kappa shape index (κ3) is 2.95. The Labute approximate surface area is 112 Å². The molecule has 0 unspecified atom stereocenters. The molecule has 1 N–H and O–H groups in total. The number of hydrogen-bond donors (Lipinski definition) is 1. The van der Waals surface area contributed by atoms with Gasteiger partial charge in [-0.3, -0.25) is 0 Å². The number of nitrogens with zero attached hydrogens (tertiary/aromatic N) is 2. The van der Waals surface area contributed by atoms with Crippen LogP contribution < -0.4 is 0 Å². The quantitative estimate of drug-likeness (QED) is 0.860. The molecular weight excluding hydrogens is 335 g/mol. The number of methoxy groups -OCH3 is 1. The van der Waals surface area contributed by atoms with Crippen molar-refractivity contribution >= 4 is 22.6 Å². The van der Waals surface area contributed by atoms with E-state index >= 15 is 0 Å². The van der Waals surface area contributed by atoms with Gasteiger partial charge in [-0.15, -0.1) is 0 Å². The second kappa shape index (κ2) is 5.46. The summed E-state index contributed by atoms with van der Waals surface area (Å²) >= 11 is 2.16. The van der Waals surface area contributed by atoms with Gasteiger partial charge in [-0.2, -0.15) is 4.98 Å². The highest BCUT2D eigenvalue weighted by atomic mass is 127. The van der Waals surface area contributed by atoms with E-state index in [0.717, 1.165) is 3.57 Å². The molecule has 2 rings (SSSR count). The fourth-order valence-corrected chi connectivity index (χ4v) is 1.83. The van der Waals surface area contributed by atoms with Crippen molar-refractivity contribution in [1.82, 2.24) is 10.1 Å². The average molecular weight is 346 g/mol. The molecule has 2 aromatic rings. The fraction of sp³-hybridized carbons (Fsp3) is 0.273. The molecule has 0 saturated heterocycles. The van der Waals surface area contributed by atoms with E-state index < -0.39 is 0 Å². The second-order valence-corrected chi connectivity index (χ2v) is 4.67. The molecule has 1 aromatic carbocycles. The predicted octanol–water partition coefficient (Wildman–Crippen LogP) is 2.24. The van der Waals surface area contributed by atoms with Crippen LogP contribution in [0.15, 0.2) is 22.7 Å². The number of halogens is 1. The molecule has 0 aliphatic carbocycles. The average Bonchev–Trinajstić information content (AvgIpc) is 2.78. The van der Waals surface area contributed by atoms with Crippen LogP contribution in [0.2, 0.25) is 0 Å². The predicted molar refractivity (Wildman–Crippen MR) is 69.7 cm³/mol. The maximum absolute atomic E-state index is 9.72. The molecule has 0 aliphatic heterocycles. The lowest BCUT2D eigenvalue weighted by atomic mass is 10.2. The van der Waals surface area contributed by atoms with Crippen LogP contribution in [-0.4, -0.2) is 29.0 Å². The largest absolute Gasteiger partial charge is 0.507 e. The number of rotatable bonds is 4. The van der Waals surface area contributed by atoms with E-state index in [0.29, 0.717) is 30.3 Å². The SMILES string of the molecule is COCCc1noc(-c2cc(I)ccc2O)n1. The topological polar surface area (TPSA) is 68.4 Å². The standard InChI is InChI=1S/C11H11IN2O3/c1-16-5-4-10-13-11(17-14-10)8-6-7(12)2-3-9(8)15/h2-3,6,15H,4-5H2,1H3. The number of aromatic nitrogens is 2. The van der Waals surface area contributed by atoms with Crippen LogP contribution in [0.4, 0.5) is 0 Å². The highest BCUT2D eigenvalue weighted by Crippen LogP contribution is 2.29. The van der Waals surface area contributed by atoms with Crippen LogP contribution in [0.1, 0.15) is 5.82 Å². The van der Waals surface area contributed by atoms with Gasteiger partial charge in [0.15, 0.2) is 5.82 Å². The Balaban J connectivity index is 2.27. The number of aromatic hydroxyl groups is 1. The lowest BCUT2D eigenvalue weighted by molar-refractivity contribution is 0.199. The highest BCUT2D eigenvalue weighted by molar-refractivity contribution is 14.1. The van der Waals surface area contributed by atoms with Gasteiger partial charge in [-0.05, 0) is 40.8 Å². The van der Waals surface area contributed by atoms with Gasteiger partial charge in [-0.25, -0.2) is 0 Å². The van der Waals surface area contributed by atoms with E-state index in [1.807, 2.05) is 6.07 Å². The molecule has 0 amide bonds. The lowest BCUT2D eigenvalue weighted by Crippen LogP contribution is -1.96. The Morgan fingerprint density at radius 2 is 2.29 bits per heavy atom. The lowest BCUT2D eigenvalue weighted by Gasteiger charge is -1.99. The van der Waals surface area contributed by atoms with Gasteiger partial charge in [0.05, 0.1) is 12.2 Å². The number of phenols is 1. The van der Waals surface area contributed by atoms with Gasteiger partial charge in [-0.1, -0.05) is 5.16 Å². The van der Waals surface area contributed by atoms with E-state index in [1.54, 1.807) is 19.2 Å². The minimum absolute atomic E-state index is 0.132. The first-order chi connectivity index (χ1) is 8.20. The van der Waals surface area contributed by atoms with E-state index in [1.165, 1.54) is 0 Å². The summed E-state index contributed by atoms with van der Waals surface area (Å²) < 4.78 is 11.0. The summed E-state index contributed by atoms with van der Waals surface area (Å²) in [7, 11) is 1.62. The molecule has 17 heavy (non-hydrogen) atoms. The Morgan fingerprint density at radius 3 is 3.06 bits per heavy atom. The van der Waals surface area contributed by atoms with Crippen molar-refractivity contribution in [3.8, 4) is 17.2 Å². The minimum atomic E-state index is 0.132. The van der Waals surface area contributed by atoms with Crippen molar-refractivity contribution in [2.45, 2.75) is 6.42 Å². The van der Waals surface area contributed by atoms with E-state index in [2.05, 4.69) is 32.7 Å². The molecule has 0 saturated carbocycles. The molecule has 0 spiro atoms. The van der Waals surface area contributed by atoms with Crippen molar-refractivity contribution in [2.24, 2.45) is 0 Å². The van der Waals surface area contributed by atoms with Crippen LogP contribution in [0.25, 0.3) is 11.5 Å². The zero-order valence-electron chi connectivity index (χ0n) is 9.18. The second-order valence-electron chi connectivity index (χ2n) is 3.42. The Hall–Kier alpha value is -1.15. The zero-order valence-corrected chi connectivity index (χ0v) is 11.3. The van der Waals surface area contributed by atoms with Gasteiger partial charge in [0.25, 0.3) is 5.89 Å². The molecule has 0 bridgehead atoms. The summed E-state index contributed by atoms with van der Waals surface area (Å²) in [5, 5.41) is 13.5. The summed E-state index contributed by atoms with van der Waals surface area (Å²) in [6, 6.07) is 5.21. The summed E-state index contributed by atoms with van der Waals surface area (Å²) in [5.41, 5.74) is 0.549. The van der Waals surface area contributed by atoms with Crippen molar-refractivity contribution in [1.29, 1.82) is 0 Å². The molecule has 6 heteroatoms. The Morgan fingerprint density at radius 1 is 1.47 bits per heavy atom. The summed E-state index contributed by atoms with van der Waals surface area (Å²) in [6.07, 6.45) is 0.588. The van der Waals surface area contributed by atoms with Gasteiger partial charge in [0.2, 0.25) is 0 Å². The zero-order chi connectivity index (χ0) is 12.3. The molecule has 0 fully saturated rings. The molecule has 1 aromatic heterocycles. The maximum Gasteiger partial charge on any atom is 0.261 e. The first-order valence-corrected chi connectivity index (χ1v) is 6.09. The summed E-state index contributed by atoms with van der Waals surface area (Å²) in [6.45, 7) is 0.539. The molecule has 0 aliphatic rings. The molecule has 0 radical (unpaired) electrons. The fourth-order valence-electron chi connectivity index (χ4n) is 1.34. The van der Waals surface area contributed by atoms with Crippen LogP contribution in [-0.2, 0) is 11.2 Å². The summed E-state index contributed by atoms with van der Waals surface area (Å²) in [4.78, 5) is 4.20. The van der Waals surface area contributed by atoms with E-state index in [4.69, 9.17) is 9.26 Å². The van der Waals surface area contributed by atoms with Gasteiger partial charge in [0, 0.05) is 17.1 Å². The van der Waals surface area contributed by atoms with Crippen molar-refractivity contribution < 1.29 is 14.4 Å². The molecule has 0 atom stereocenters. The van der Waals surface area contributed by atoms with Crippen LogP contribution >= 0.6 is 22.6 Å². The van der Waals surface area contributed by atoms with E-state index in [-0.39, 0.29) is 5.75 Å². The number of benzene rings is 1. The third-order valence-corrected chi connectivity index (χ3v) is 2.86. The number of phenolic OH excluding ortho intramolecular Hbond substituents is 1. The van der Waals surface area contributed by atoms with E-state index in [9.17, 15) is 5.11 Å². The van der Waals surface area contributed by atoms with Crippen LogP contribution in [0.5, 0.6) is 5.75 Å². The number of hydrogen-bond acceptors (Lipinski definition) is 5. The minimum Gasteiger partial charge on any atom is -0.507 e. The normalized spacial score (nSPS) is 10.7. The highest BCUT2D eigenvalue weighted by Gasteiger charge is 2.13. The Bertz CT molecular complexity index is 513. The molecule has 90 valence electrons. The van der Waals surface area contributed by atoms with Gasteiger partial charge < -0.3 is 14.4 Å². The molecule has 5 nitrogen and oxygen atoms in total. The molecule has 1 heterocycles. The number of ether oxygens (including phenoxy) is 1. The Kier molecular flexibility index (Phi) is 3.95. The molecular formula is C11H11IN2O3. The van der Waals surface area contributed by atoms with Crippen LogP contribution in [0, 0.1) is 3.57 Å². The third-order valence-electron chi connectivity index (χ3n) is 2.19. The van der Waals surface area contributed by atoms with Crippen molar-refractivity contribution in [2.75, 3.05) is 13.7 Å².